The van der Waals surface area contributed by atoms with Gasteiger partial charge >= 0.3 is 12.0 Å². The third-order valence-corrected chi connectivity index (χ3v) is 2.26. The molecule has 0 bridgehead atoms. The monoisotopic (exact) mass is 232 g/mol. The Morgan fingerprint density at radius 2 is 2.12 bits per heavy atom. The summed E-state index contributed by atoms with van der Waals surface area (Å²) in [5.74, 6) is -1.02. The molecule has 0 rings (SSSR count). The van der Waals surface area contributed by atoms with Crippen LogP contribution in [-0.2, 0) is 9.53 Å². The topological polar surface area (TPSA) is 78.9 Å². The molecule has 2 amide bonds. The average Bonchev–Trinajstić information content (AvgIpc) is 2.26. The highest BCUT2D eigenvalue weighted by Gasteiger charge is 2.20. The number of carboxylic acid groups (broad SMARTS) is 1. The van der Waals surface area contributed by atoms with Crippen LogP contribution in [-0.4, -0.2) is 55.4 Å². The molecule has 0 aromatic rings. The molecule has 6 nitrogen and oxygen atoms in total. The first kappa shape index (κ1) is 14.7. The number of hydrogen-bond donors (Lipinski definition) is 2. The van der Waals surface area contributed by atoms with E-state index < -0.39 is 12.0 Å². The number of nitrogens with one attached hydrogen (secondary N) is 1. The van der Waals surface area contributed by atoms with Gasteiger partial charge in [0.25, 0.3) is 0 Å². The van der Waals surface area contributed by atoms with Crippen LogP contribution >= 0.6 is 0 Å². The van der Waals surface area contributed by atoms with Gasteiger partial charge in [-0.2, -0.15) is 0 Å². The van der Waals surface area contributed by atoms with E-state index in [-0.39, 0.29) is 6.03 Å². The van der Waals surface area contributed by atoms with Crippen molar-refractivity contribution in [3.05, 3.63) is 0 Å². The number of carbonyl (C=O) groups is 2. The van der Waals surface area contributed by atoms with Crippen molar-refractivity contribution in [2.24, 2.45) is 0 Å². The van der Waals surface area contributed by atoms with Crippen LogP contribution in [0.1, 0.15) is 19.8 Å². The number of carboxylic acids is 1. The molecule has 1 unspecified atom stereocenters. The number of amides is 2. The van der Waals surface area contributed by atoms with Crippen molar-refractivity contribution in [3.8, 4) is 0 Å². The maximum atomic E-state index is 11.4. The number of urea groups is 1. The van der Waals surface area contributed by atoms with Gasteiger partial charge in [0.2, 0.25) is 0 Å². The van der Waals surface area contributed by atoms with Crippen molar-refractivity contribution in [2.75, 3.05) is 27.3 Å². The van der Waals surface area contributed by atoms with Crippen LogP contribution in [0.3, 0.4) is 0 Å². The summed E-state index contributed by atoms with van der Waals surface area (Å²) in [6, 6.07) is -1.22. The molecule has 0 aliphatic rings. The zero-order valence-corrected chi connectivity index (χ0v) is 10.0. The van der Waals surface area contributed by atoms with E-state index in [0.29, 0.717) is 26.0 Å². The lowest BCUT2D eigenvalue weighted by Crippen LogP contribution is -2.46. The molecule has 0 spiro atoms. The normalized spacial score (nSPS) is 11.9. The Morgan fingerprint density at radius 1 is 1.50 bits per heavy atom. The van der Waals surface area contributed by atoms with E-state index in [1.54, 1.807) is 14.2 Å². The number of ether oxygens (including phenoxy) is 1. The van der Waals surface area contributed by atoms with Gasteiger partial charge in [-0.25, -0.2) is 9.59 Å². The predicted molar refractivity (Wildman–Crippen MR) is 59.4 cm³/mol. The molecule has 0 aliphatic heterocycles. The smallest absolute Gasteiger partial charge is 0.326 e. The lowest BCUT2D eigenvalue weighted by Gasteiger charge is -2.19. The second-order valence-corrected chi connectivity index (χ2v) is 3.49. The summed E-state index contributed by atoms with van der Waals surface area (Å²) in [4.78, 5) is 23.7. The number of hydrogen-bond acceptors (Lipinski definition) is 3. The van der Waals surface area contributed by atoms with Crippen molar-refractivity contribution >= 4 is 12.0 Å². The number of methoxy groups -OCH3 is 1. The van der Waals surface area contributed by atoms with E-state index >= 15 is 0 Å². The Hall–Kier alpha value is -1.30. The maximum absolute atomic E-state index is 11.4. The van der Waals surface area contributed by atoms with Crippen molar-refractivity contribution in [3.63, 3.8) is 0 Å². The highest BCUT2D eigenvalue weighted by Crippen LogP contribution is 1.99. The molecule has 0 heterocycles. The van der Waals surface area contributed by atoms with E-state index in [4.69, 9.17) is 9.84 Å². The second-order valence-electron chi connectivity index (χ2n) is 3.49. The van der Waals surface area contributed by atoms with Gasteiger partial charge < -0.3 is 20.1 Å². The van der Waals surface area contributed by atoms with Crippen LogP contribution in [0, 0.1) is 0 Å². The van der Waals surface area contributed by atoms with E-state index in [1.165, 1.54) is 4.90 Å². The molecule has 2 N–H and O–H groups in total. The first-order valence-corrected chi connectivity index (χ1v) is 5.26. The molecular formula is C10H20N2O4. The number of nitrogens with zero attached hydrogens (tertiary/aromatic N) is 1. The molecule has 1 atom stereocenters. The molecule has 6 heteroatoms. The lowest BCUT2D eigenvalue weighted by molar-refractivity contribution is -0.139. The predicted octanol–water partition coefficient (Wildman–Crippen LogP) is 0.527. The van der Waals surface area contributed by atoms with Gasteiger partial charge in [0, 0.05) is 27.3 Å². The van der Waals surface area contributed by atoms with E-state index in [9.17, 15) is 9.59 Å². The SMILES string of the molecule is CCN(C)C(=O)NC(CCCOC)C(=O)O. The molecule has 0 saturated heterocycles. The minimum Gasteiger partial charge on any atom is -0.480 e. The Bertz CT molecular complexity index is 233. The van der Waals surface area contributed by atoms with Crippen LogP contribution in [0.15, 0.2) is 0 Å². The van der Waals surface area contributed by atoms with Gasteiger partial charge in [0.1, 0.15) is 6.04 Å². The van der Waals surface area contributed by atoms with E-state index in [1.807, 2.05) is 6.92 Å². The molecule has 0 aromatic carbocycles. The standard InChI is InChI=1S/C10H20N2O4/c1-4-12(2)10(15)11-8(9(13)14)6-5-7-16-3/h8H,4-7H2,1-3H3,(H,11,15)(H,13,14). The van der Waals surface area contributed by atoms with Gasteiger partial charge in [-0.15, -0.1) is 0 Å². The van der Waals surface area contributed by atoms with Gasteiger partial charge in [-0.1, -0.05) is 0 Å². The minimum atomic E-state index is -1.02. The first-order chi connectivity index (χ1) is 7.52. The summed E-state index contributed by atoms with van der Waals surface area (Å²) in [6.45, 7) is 2.85. The number of carbonyl (C=O) groups excluding carboxylic acids is 1. The van der Waals surface area contributed by atoms with Gasteiger partial charge in [-0.3, -0.25) is 0 Å². The zero-order valence-electron chi connectivity index (χ0n) is 10.0. The quantitative estimate of drug-likeness (QED) is 0.627. The molecule has 0 saturated carbocycles. The molecule has 0 aliphatic carbocycles. The summed E-state index contributed by atoms with van der Waals surface area (Å²) in [5.41, 5.74) is 0. The van der Waals surface area contributed by atoms with Crippen LogP contribution < -0.4 is 5.32 Å². The molecule has 0 aromatic heterocycles. The largest absolute Gasteiger partial charge is 0.480 e. The van der Waals surface area contributed by atoms with Crippen LogP contribution in [0.4, 0.5) is 4.79 Å². The molecular weight excluding hydrogens is 212 g/mol. The van der Waals surface area contributed by atoms with Crippen molar-refractivity contribution in [2.45, 2.75) is 25.8 Å². The van der Waals surface area contributed by atoms with Crippen molar-refractivity contribution < 1.29 is 19.4 Å². The minimum absolute atomic E-state index is 0.368. The van der Waals surface area contributed by atoms with Crippen molar-refractivity contribution in [1.29, 1.82) is 0 Å². The van der Waals surface area contributed by atoms with Gasteiger partial charge in [-0.05, 0) is 19.8 Å². The van der Waals surface area contributed by atoms with Crippen LogP contribution in [0.25, 0.3) is 0 Å². The average molecular weight is 232 g/mol. The maximum Gasteiger partial charge on any atom is 0.326 e. The molecule has 0 fully saturated rings. The fraction of sp³-hybridized carbons (Fsp3) is 0.800. The first-order valence-electron chi connectivity index (χ1n) is 5.26. The Labute approximate surface area is 95.6 Å². The van der Waals surface area contributed by atoms with Crippen LogP contribution in [0.5, 0.6) is 0 Å². The van der Waals surface area contributed by atoms with Crippen molar-refractivity contribution in [1.82, 2.24) is 10.2 Å². The fourth-order valence-corrected chi connectivity index (χ4v) is 1.09. The van der Waals surface area contributed by atoms with Crippen LogP contribution in [0.2, 0.25) is 0 Å². The molecule has 16 heavy (non-hydrogen) atoms. The summed E-state index contributed by atoms with van der Waals surface area (Å²) in [5, 5.41) is 11.4. The van der Waals surface area contributed by atoms with Gasteiger partial charge in [0.15, 0.2) is 0 Å². The fourth-order valence-electron chi connectivity index (χ4n) is 1.09. The third kappa shape index (κ3) is 5.55. The third-order valence-electron chi connectivity index (χ3n) is 2.26. The Balaban J connectivity index is 4.12. The summed E-state index contributed by atoms with van der Waals surface area (Å²) >= 11 is 0. The molecule has 0 radical (unpaired) electrons. The number of rotatable bonds is 7. The Kier molecular flexibility index (Phi) is 7.28. The summed E-state index contributed by atoms with van der Waals surface area (Å²) in [7, 11) is 3.17. The van der Waals surface area contributed by atoms with Gasteiger partial charge in [0.05, 0.1) is 0 Å². The summed E-state index contributed by atoms with van der Waals surface area (Å²) in [6.07, 6.45) is 0.968. The Morgan fingerprint density at radius 3 is 2.56 bits per heavy atom. The zero-order chi connectivity index (χ0) is 12.6. The summed E-state index contributed by atoms with van der Waals surface area (Å²) < 4.78 is 4.83. The highest BCUT2D eigenvalue weighted by atomic mass is 16.5. The number of aliphatic carboxylic acids is 1. The lowest BCUT2D eigenvalue weighted by atomic mass is 10.1. The molecule has 94 valence electrons. The highest BCUT2D eigenvalue weighted by molar-refractivity contribution is 5.82. The second kappa shape index (κ2) is 7.92. The van der Waals surface area contributed by atoms with E-state index in [2.05, 4.69) is 5.32 Å². The van der Waals surface area contributed by atoms with E-state index in [0.717, 1.165) is 0 Å².